The number of hydrogen-bond acceptors (Lipinski definition) is 5. The van der Waals surface area contributed by atoms with Gasteiger partial charge in [-0.2, -0.15) is 5.10 Å². The molecule has 3 heterocycles. The molecule has 7 heteroatoms. The molecule has 1 amide bonds. The summed E-state index contributed by atoms with van der Waals surface area (Å²) in [5, 5.41) is 4.67. The first-order valence-corrected chi connectivity index (χ1v) is 9.83. The lowest BCUT2D eigenvalue weighted by Gasteiger charge is -2.21. The van der Waals surface area contributed by atoms with Gasteiger partial charge in [0.1, 0.15) is 0 Å². The Morgan fingerprint density at radius 2 is 1.81 bits per heavy atom. The number of likely N-dealkylation sites (N-methyl/N-ethyl adjacent to an activating group) is 1. The Labute approximate surface area is 161 Å². The standard InChI is InChI=1S/C20H30N6O/c1-6-24-8-7-9-25(11-10-24)19(27)17-13-26(23-18(17)14(2)3)20-21-15(4)12-16(5)22-20/h12-14H,6-11H2,1-5H3. The van der Waals surface area contributed by atoms with Gasteiger partial charge in [0.15, 0.2) is 0 Å². The molecule has 0 radical (unpaired) electrons. The molecule has 1 saturated heterocycles. The summed E-state index contributed by atoms with van der Waals surface area (Å²) in [6.07, 6.45) is 2.80. The van der Waals surface area contributed by atoms with Crippen LogP contribution in [0.25, 0.3) is 5.95 Å². The van der Waals surface area contributed by atoms with Crippen LogP contribution >= 0.6 is 0 Å². The highest BCUT2D eigenvalue weighted by Crippen LogP contribution is 2.21. The van der Waals surface area contributed by atoms with Gasteiger partial charge in [-0.3, -0.25) is 4.79 Å². The maximum Gasteiger partial charge on any atom is 0.257 e. The number of amides is 1. The lowest BCUT2D eigenvalue weighted by molar-refractivity contribution is 0.0760. The fourth-order valence-corrected chi connectivity index (χ4v) is 3.55. The molecule has 2 aromatic heterocycles. The first-order chi connectivity index (χ1) is 12.9. The van der Waals surface area contributed by atoms with Crippen LogP contribution in [0.4, 0.5) is 0 Å². The van der Waals surface area contributed by atoms with Crippen LogP contribution in [0.3, 0.4) is 0 Å². The van der Waals surface area contributed by atoms with Crippen molar-refractivity contribution in [3.8, 4) is 5.95 Å². The number of hydrogen-bond donors (Lipinski definition) is 0. The van der Waals surface area contributed by atoms with E-state index in [-0.39, 0.29) is 11.8 Å². The largest absolute Gasteiger partial charge is 0.337 e. The number of nitrogens with zero attached hydrogens (tertiary/aromatic N) is 6. The van der Waals surface area contributed by atoms with Gasteiger partial charge < -0.3 is 9.80 Å². The molecule has 3 rings (SSSR count). The van der Waals surface area contributed by atoms with Crippen molar-refractivity contribution in [1.82, 2.24) is 29.5 Å². The molecule has 0 aromatic carbocycles. The molecule has 1 aliphatic rings. The lowest BCUT2D eigenvalue weighted by Crippen LogP contribution is -2.35. The van der Waals surface area contributed by atoms with E-state index in [1.807, 2.05) is 24.8 Å². The van der Waals surface area contributed by atoms with Gasteiger partial charge in [0, 0.05) is 37.2 Å². The minimum Gasteiger partial charge on any atom is -0.337 e. The highest BCUT2D eigenvalue weighted by atomic mass is 16.2. The summed E-state index contributed by atoms with van der Waals surface area (Å²) in [5.41, 5.74) is 3.25. The molecule has 0 unspecified atom stereocenters. The van der Waals surface area contributed by atoms with E-state index in [4.69, 9.17) is 0 Å². The summed E-state index contributed by atoms with van der Waals surface area (Å²) in [4.78, 5) is 26.6. The first-order valence-electron chi connectivity index (χ1n) is 9.83. The Hall–Kier alpha value is -2.28. The summed E-state index contributed by atoms with van der Waals surface area (Å²) in [7, 11) is 0. The molecule has 146 valence electrons. The maximum atomic E-state index is 13.3. The Balaban J connectivity index is 1.92. The summed E-state index contributed by atoms with van der Waals surface area (Å²) in [6.45, 7) is 14.7. The topological polar surface area (TPSA) is 67.2 Å². The normalized spacial score (nSPS) is 16.0. The highest BCUT2D eigenvalue weighted by molar-refractivity contribution is 5.95. The highest BCUT2D eigenvalue weighted by Gasteiger charge is 2.26. The van der Waals surface area contributed by atoms with E-state index in [0.29, 0.717) is 11.5 Å². The minimum atomic E-state index is 0.0623. The van der Waals surface area contributed by atoms with Crippen LogP contribution in [0, 0.1) is 13.8 Å². The van der Waals surface area contributed by atoms with E-state index in [1.165, 1.54) is 0 Å². The van der Waals surface area contributed by atoms with Crippen LogP contribution in [-0.4, -0.2) is 68.2 Å². The third-order valence-electron chi connectivity index (χ3n) is 5.02. The lowest BCUT2D eigenvalue weighted by atomic mass is 10.1. The summed E-state index contributed by atoms with van der Waals surface area (Å²) < 4.78 is 1.65. The predicted molar refractivity (Wildman–Crippen MR) is 105 cm³/mol. The van der Waals surface area contributed by atoms with E-state index in [0.717, 1.165) is 56.2 Å². The molecular weight excluding hydrogens is 340 g/mol. The van der Waals surface area contributed by atoms with Gasteiger partial charge in [-0.1, -0.05) is 20.8 Å². The third-order valence-corrected chi connectivity index (χ3v) is 5.02. The van der Waals surface area contributed by atoms with E-state index in [9.17, 15) is 4.79 Å². The Kier molecular flexibility index (Phi) is 5.89. The number of rotatable bonds is 4. The van der Waals surface area contributed by atoms with Crippen LogP contribution in [0.15, 0.2) is 12.3 Å². The van der Waals surface area contributed by atoms with Crippen molar-refractivity contribution in [3.63, 3.8) is 0 Å². The maximum absolute atomic E-state index is 13.3. The van der Waals surface area contributed by atoms with Crippen molar-refractivity contribution in [2.45, 2.75) is 47.0 Å². The zero-order chi connectivity index (χ0) is 19.6. The van der Waals surface area contributed by atoms with Crippen molar-refractivity contribution < 1.29 is 4.79 Å². The van der Waals surface area contributed by atoms with Gasteiger partial charge in [0.25, 0.3) is 11.9 Å². The van der Waals surface area contributed by atoms with Crippen LogP contribution in [-0.2, 0) is 0 Å². The summed E-state index contributed by atoms with van der Waals surface area (Å²) in [5.74, 6) is 0.726. The Morgan fingerprint density at radius 1 is 1.11 bits per heavy atom. The number of aryl methyl sites for hydroxylation is 2. The molecule has 1 aliphatic heterocycles. The fraction of sp³-hybridized carbons (Fsp3) is 0.600. The second-order valence-electron chi connectivity index (χ2n) is 7.56. The predicted octanol–water partition coefficient (Wildman–Crippen LogP) is 2.57. The van der Waals surface area contributed by atoms with Crippen LogP contribution in [0.1, 0.15) is 60.5 Å². The van der Waals surface area contributed by atoms with Gasteiger partial charge in [0.05, 0.1) is 11.3 Å². The van der Waals surface area contributed by atoms with Crippen LogP contribution in [0.5, 0.6) is 0 Å². The van der Waals surface area contributed by atoms with Gasteiger partial charge in [0.2, 0.25) is 0 Å². The molecule has 7 nitrogen and oxygen atoms in total. The summed E-state index contributed by atoms with van der Waals surface area (Å²) in [6, 6.07) is 1.93. The van der Waals surface area contributed by atoms with Gasteiger partial charge in [-0.05, 0) is 45.3 Å². The van der Waals surface area contributed by atoms with E-state index >= 15 is 0 Å². The average Bonchev–Trinajstić information content (AvgIpc) is 2.93. The molecule has 1 fully saturated rings. The third kappa shape index (κ3) is 4.35. The molecule has 2 aromatic rings. The van der Waals surface area contributed by atoms with Crippen molar-refractivity contribution in [2.24, 2.45) is 0 Å². The van der Waals surface area contributed by atoms with Gasteiger partial charge in [-0.15, -0.1) is 0 Å². The fourth-order valence-electron chi connectivity index (χ4n) is 3.55. The van der Waals surface area contributed by atoms with Crippen molar-refractivity contribution >= 4 is 5.91 Å². The zero-order valence-corrected chi connectivity index (χ0v) is 17.1. The second kappa shape index (κ2) is 8.17. The number of aromatic nitrogens is 4. The Morgan fingerprint density at radius 3 is 2.44 bits per heavy atom. The van der Waals surface area contributed by atoms with Crippen molar-refractivity contribution in [2.75, 3.05) is 32.7 Å². The summed E-state index contributed by atoms with van der Waals surface area (Å²) >= 11 is 0. The first kappa shape index (κ1) is 19.5. The molecule has 0 saturated carbocycles. The average molecular weight is 371 g/mol. The molecule has 27 heavy (non-hydrogen) atoms. The number of carbonyl (C=O) groups is 1. The molecule has 0 aliphatic carbocycles. The Bertz CT molecular complexity index is 793. The van der Waals surface area contributed by atoms with Crippen molar-refractivity contribution in [1.29, 1.82) is 0 Å². The van der Waals surface area contributed by atoms with Gasteiger partial charge in [-0.25, -0.2) is 14.6 Å². The van der Waals surface area contributed by atoms with Gasteiger partial charge >= 0.3 is 0 Å². The molecule has 0 N–H and O–H groups in total. The van der Waals surface area contributed by atoms with Crippen LogP contribution in [0.2, 0.25) is 0 Å². The van der Waals surface area contributed by atoms with Crippen LogP contribution < -0.4 is 0 Å². The molecule has 0 bridgehead atoms. The zero-order valence-electron chi connectivity index (χ0n) is 17.1. The quantitative estimate of drug-likeness (QED) is 0.827. The molecule has 0 spiro atoms. The SMILES string of the molecule is CCN1CCCN(C(=O)c2cn(-c3nc(C)cc(C)n3)nc2C(C)C)CC1. The smallest absolute Gasteiger partial charge is 0.257 e. The molecule has 0 atom stereocenters. The molecular formula is C20H30N6O. The van der Waals surface area contributed by atoms with Crippen molar-refractivity contribution in [3.05, 3.63) is 34.9 Å². The number of carbonyl (C=O) groups excluding carboxylic acids is 1. The van der Waals surface area contributed by atoms with E-state index < -0.39 is 0 Å². The monoisotopic (exact) mass is 370 g/mol. The van der Waals surface area contributed by atoms with E-state index in [2.05, 4.69) is 40.7 Å². The van der Waals surface area contributed by atoms with E-state index in [1.54, 1.807) is 10.9 Å². The second-order valence-corrected chi connectivity index (χ2v) is 7.56. The minimum absolute atomic E-state index is 0.0623.